The Labute approximate surface area is 118 Å². The molecule has 1 aromatic rings. The third kappa shape index (κ3) is 4.42. The number of halogens is 2. The molecule has 1 saturated heterocycles. The van der Waals surface area contributed by atoms with Gasteiger partial charge in [0, 0.05) is 12.7 Å². The van der Waals surface area contributed by atoms with Gasteiger partial charge in [-0.2, -0.15) is 0 Å². The van der Waals surface area contributed by atoms with E-state index in [-0.39, 0.29) is 36.8 Å². The number of nitrogens with one attached hydrogen (secondary N) is 2. The third-order valence-corrected chi connectivity index (χ3v) is 2.59. The van der Waals surface area contributed by atoms with Crippen LogP contribution in [0.5, 0.6) is 0 Å². The van der Waals surface area contributed by atoms with Crippen molar-refractivity contribution in [2.24, 2.45) is 0 Å². The quantitative estimate of drug-likeness (QED) is 0.757. The number of amides is 1. The zero-order valence-electron chi connectivity index (χ0n) is 9.92. The first-order valence-electron chi connectivity index (χ1n) is 5.30. The Morgan fingerprint density at radius 2 is 2.28 bits per heavy atom. The van der Waals surface area contributed by atoms with E-state index in [0.717, 1.165) is 5.56 Å². The Kier molecular flexibility index (Phi) is 7.16. The number of aliphatic hydroxyl groups is 1. The van der Waals surface area contributed by atoms with Crippen LogP contribution in [0.3, 0.4) is 0 Å². The summed E-state index contributed by atoms with van der Waals surface area (Å²) in [4.78, 5) is 15.8. The summed E-state index contributed by atoms with van der Waals surface area (Å²) in [5.74, 6) is 0.405. The van der Waals surface area contributed by atoms with Crippen LogP contribution in [0.1, 0.15) is 12.0 Å². The molecule has 5 nitrogen and oxygen atoms in total. The highest BCUT2D eigenvalue weighted by Crippen LogP contribution is 2.10. The monoisotopic (exact) mass is 293 g/mol. The fraction of sp³-hybridized carbons (Fsp3) is 0.455. The Bertz CT molecular complexity index is 404. The first kappa shape index (κ1) is 17.1. The van der Waals surface area contributed by atoms with E-state index in [9.17, 15) is 9.90 Å². The summed E-state index contributed by atoms with van der Waals surface area (Å²) in [5, 5.41) is 15.0. The molecule has 3 N–H and O–H groups in total. The zero-order chi connectivity index (χ0) is 11.5. The van der Waals surface area contributed by atoms with Crippen molar-refractivity contribution in [2.75, 3.05) is 11.9 Å². The summed E-state index contributed by atoms with van der Waals surface area (Å²) in [7, 11) is 0. The van der Waals surface area contributed by atoms with E-state index in [1.165, 1.54) is 0 Å². The lowest BCUT2D eigenvalue weighted by Gasteiger charge is -2.10. The average molecular weight is 294 g/mol. The van der Waals surface area contributed by atoms with E-state index in [0.29, 0.717) is 18.8 Å². The van der Waals surface area contributed by atoms with E-state index >= 15 is 0 Å². The number of pyridine rings is 1. The summed E-state index contributed by atoms with van der Waals surface area (Å²) < 4.78 is 0. The summed E-state index contributed by atoms with van der Waals surface area (Å²) in [6, 6.07) is 3.36. The van der Waals surface area contributed by atoms with Gasteiger partial charge in [-0.05, 0) is 31.0 Å². The maximum absolute atomic E-state index is 11.7. The summed E-state index contributed by atoms with van der Waals surface area (Å²) in [6.45, 7) is 2.41. The van der Waals surface area contributed by atoms with Crippen LogP contribution >= 0.6 is 24.8 Å². The molecular formula is C11H17Cl2N3O2. The molecule has 18 heavy (non-hydrogen) atoms. The minimum absolute atomic E-state index is 0. The van der Waals surface area contributed by atoms with Gasteiger partial charge in [0.2, 0.25) is 5.91 Å². The first-order chi connectivity index (χ1) is 7.65. The van der Waals surface area contributed by atoms with Gasteiger partial charge >= 0.3 is 0 Å². The fourth-order valence-electron chi connectivity index (χ4n) is 1.73. The summed E-state index contributed by atoms with van der Waals surface area (Å²) in [5.41, 5.74) is 1.05. The van der Waals surface area contributed by atoms with Crippen molar-refractivity contribution in [3.63, 3.8) is 0 Å². The Morgan fingerprint density at radius 1 is 1.56 bits per heavy atom. The SMILES string of the molecule is Cc1ccnc(NC(=O)C2CC(O)CN2)c1.Cl.Cl. The van der Waals surface area contributed by atoms with E-state index < -0.39 is 6.10 Å². The van der Waals surface area contributed by atoms with Crippen LogP contribution in [0.25, 0.3) is 0 Å². The molecule has 1 aromatic heterocycles. The highest BCUT2D eigenvalue weighted by molar-refractivity contribution is 5.94. The lowest BCUT2D eigenvalue weighted by atomic mass is 10.2. The van der Waals surface area contributed by atoms with Gasteiger partial charge in [0.05, 0.1) is 12.1 Å². The highest BCUT2D eigenvalue weighted by atomic mass is 35.5. The first-order valence-corrected chi connectivity index (χ1v) is 5.30. The molecule has 2 heterocycles. The molecule has 0 radical (unpaired) electrons. The maximum atomic E-state index is 11.7. The Balaban J connectivity index is 0.00000144. The normalized spacial score (nSPS) is 21.7. The van der Waals surface area contributed by atoms with Crippen molar-refractivity contribution in [3.8, 4) is 0 Å². The lowest BCUT2D eigenvalue weighted by molar-refractivity contribution is -0.117. The average Bonchev–Trinajstić information content (AvgIpc) is 2.65. The topological polar surface area (TPSA) is 74.2 Å². The minimum atomic E-state index is -0.429. The number of aromatic nitrogens is 1. The van der Waals surface area contributed by atoms with Crippen LogP contribution in [0.15, 0.2) is 18.3 Å². The zero-order valence-corrected chi connectivity index (χ0v) is 11.6. The molecule has 0 aromatic carbocycles. The van der Waals surface area contributed by atoms with Crippen LogP contribution in [0, 0.1) is 6.92 Å². The molecule has 2 atom stereocenters. The molecule has 2 unspecified atom stereocenters. The smallest absolute Gasteiger partial charge is 0.242 e. The number of β-amino-alcohol motifs (C(OH)–C–C–N with tert-alkyl or cyclic N) is 1. The van der Waals surface area contributed by atoms with Crippen molar-refractivity contribution in [1.29, 1.82) is 0 Å². The van der Waals surface area contributed by atoms with Crippen molar-refractivity contribution in [3.05, 3.63) is 23.9 Å². The molecule has 1 aliphatic rings. The number of carbonyl (C=O) groups is 1. The molecule has 0 saturated carbocycles. The Hall–Kier alpha value is -0.880. The van der Waals surface area contributed by atoms with Crippen LogP contribution in [-0.4, -0.2) is 34.7 Å². The predicted octanol–water partition coefficient (Wildman–Crippen LogP) is 0.895. The number of anilines is 1. The van der Waals surface area contributed by atoms with Crippen molar-refractivity contribution in [2.45, 2.75) is 25.5 Å². The molecule has 0 bridgehead atoms. The van der Waals surface area contributed by atoms with Gasteiger partial charge in [0.1, 0.15) is 5.82 Å². The van der Waals surface area contributed by atoms with Gasteiger partial charge in [0.15, 0.2) is 0 Å². The minimum Gasteiger partial charge on any atom is -0.392 e. The molecule has 102 valence electrons. The molecule has 1 aliphatic heterocycles. The number of rotatable bonds is 2. The standard InChI is InChI=1S/C11H15N3O2.2ClH/c1-7-2-3-12-10(4-7)14-11(16)9-5-8(15)6-13-9;;/h2-4,8-9,13,15H,5-6H2,1H3,(H,12,14,16);2*1H. The number of aryl methyl sites for hydroxylation is 1. The highest BCUT2D eigenvalue weighted by Gasteiger charge is 2.28. The van der Waals surface area contributed by atoms with E-state index in [1.807, 2.05) is 19.1 Å². The van der Waals surface area contributed by atoms with E-state index in [4.69, 9.17) is 0 Å². The van der Waals surface area contributed by atoms with Gasteiger partial charge in [-0.1, -0.05) is 0 Å². The maximum Gasteiger partial charge on any atom is 0.242 e. The number of hydrogen-bond acceptors (Lipinski definition) is 4. The fourth-order valence-corrected chi connectivity index (χ4v) is 1.73. The summed E-state index contributed by atoms with van der Waals surface area (Å²) >= 11 is 0. The van der Waals surface area contributed by atoms with Crippen molar-refractivity contribution < 1.29 is 9.90 Å². The van der Waals surface area contributed by atoms with Crippen molar-refractivity contribution >= 4 is 36.5 Å². The second-order valence-corrected chi connectivity index (χ2v) is 4.06. The predicted molar refractivity (Wildman–Crippen MR) is 74.5 cm³/mol. The van der Waals surface area contributed by atoms with E-state index in [2.05, 4.69) is 15.6 Å². The number of aliphatic hydroxyl groups excluding tert-OH is 1. The Morgan fingerprint density at radius 3 is 2.83 bits per heavy atom. The number of nitrogens with zero attached hydrogens (tertiary/aromatic N) is 1. The number of carbonyl (C=O) groups excluding carboxylic acids is 1. The van der Waals surface area contributed by atoms with Crippen LogP contribution in [0.2, 0.25) is 0 Å². The lowest BCUT2D eigenvalue weighted by Crippen LogP contribution is -2.35. The van der Waals surface area contributed by atoms with Crippen LogP contribution in [-0.2, 0) is 4.79 Å². The molecule has 1 fully saturated rings. The van der Waals surface area contributed by atoms with Gasteiger partial charge in [-0.25, -0.2) is 4.98 Å². The van der Waals surface area contributed by atoms with Crippen LogP contribution in [0.4, 0.5) is 5.82 Å². The van der Waals surface area contributed by atoms with Gasteiger partial charge in [0.25, 0.3) is 0 Å². The second-order valence-electron chi connectivity index (χ2n) is 4.06. The molecule has 0 spiro atoms. The third-order valence-electron chi connectivity index (χ3n) is 2.59. The van der Waals surface area contributed by atoms with Gasteiger partial charge in [-0.15, -0.1) is 24.8 Å². The largest absolute Gasteiger partial charge is 0.392 e. The van der Waals surface area contributed by atoms with E-state index in [1.54, 1.807) is 6.20 Å². The number of hydrogen-bond donors (Lipinski definition) is 3. The van der Waals surface area contributed by atoms with Gasteiger partial charge < -0.3 is 15.7 Å². The van der Waals surface area contributed by atoms with Crippen LogP contribution < -0.4 is 10.6 Å². The second kappa shape index (κ2) is 7.53. The van der Waals surface area contributed by atoms with Crippen molar-refractivity contribution in [1.82, 2.24) is 10.3 Å². The summed E-state index contributed by atoms with van der Waals surface area (Å²) in [6.07, 6.45) is 1.68. The molecule has 0 aliphatic carbocycles. The molecule has 2 rings (SSSR count). The molecule has 1 amide bonds. The molecule has 7 heteroatoms. The van der Waals surface area contributed by atoms with Gasteiger partial charge in [-0.3, -0.25) is 4.79 Å². The molecular weight excluding hydrogens is 277 g/mol.